The summed E-state index contributed by atoms with van der Waals surface area (Å²) in [7, 11) is 3.87. The SMILES string of the molecule is CN1CCCN(C)c2ccc(cn2)-c2ccnc(n2)Nc2cccc(c2)CN2CCN(CC1=O)C(CO)C2. The molecule has 200 valence electrons. The van der Waals surface area contributed by atoms with Crippen molar-refractivity contribution >= 4 is 23.4 Å². The number of rotatable bonds is 1. The quantitative estimate of drug-likeness (QED) is 0.503. The molecule has 0 spiro atoms. The average Bonchev–Trinajstić information content (AvgIpc) is 2.93. The summed E-state index contributed by atoms with van der Waals surface area (Å²) < 4.78 is 0. The second-order valence-electron chi connectivity index (χ2n) is 10.1. The molecule has 5 aliphatic rings. The van der Waals surface area contributed by atoms with Gasteiger partial charge in [-0.1, -0.05) is 12.1 Å². The van der Waals surface area contributed by atoms with E-state index in [1.54, 1.807) is 11.1 Å². The lowest BCUT2D eigenvalue weighted by molar-refractivity contribution is -0.132. The van der Waals surface area contributed by atoms with Gasteiger partial charge in [-0.05, 0) is 42.3 Å². The number of nitrogens with one attached hydrogen (secondary N) is 1. The predicted octanol–water partition coefficient (Wildman–Crippen LogP) is 2.06. The molecular weight excluding hydrogens is 480 g/mol. The molecule has 38 heavy (non-hydrogen) atoms. The molecule has 10 nitrogen and oxygen atoms in total. The lowest BCUT2D eigenvalue weighted by Gasteiger charge is -2.40. The van der Waals surface area contributed by atoms with E-state index >= 15 is 0 Å². The molecule has 7 heterocycles. The number of piperazine rings is 1. The Kier molecular flexibility index (Phi) is 8.11. The van der Waals surface area contributed by atoms with Crippen LogP contribution in [0.25, 0.3) is 11.3 Å². The van der Waals surface area contributed by atoms with E-state index in [1.807, 2.05) is 50.6 Å². The van der Waals surface area contributed by atoms with Gasteiger partial charge < -0.3 is 20.2 Å². The molecule has 1 amide bonds. The van der Waals surface area contributed by atoms with Crippen molar-refractivity contribution in [2.75, 3.05) is 70.2 Å². The fraction of sp³-hybridized carbons (Fsp3) is 0.429. The van der Waals surface area contributed by atoms with Crippen LogP contribution >= 0.6 is 0 Å². The minimum atomic E-state index is -0.0693. The van der Waals surface area contributed by atoms with Crippen LogP contribution < -0.4 is 10.2 Å². The first-order valence-corrected chi connectivity index (χ1v) is 13.2. The molecule has 2 N–H and O–H groups in total. The molecule has 1 fully saturated rings. The Balaban J connectivity index is 1.40. The van der Waals surface area contributed by atoms with Gasteiger partial charge in [0.2, 0.25) is 11.9 Å². The molecule has 0 aliphatic carbocycles. The van der Waals surface area contributed by atoms with Gasteiger partial charge in [0.15, 0.2) is 0 Å². The van der Waals surface area contributed by atoms with Crippen molar-refractivity contribution < 1.29 is 9.90 Å². The molecular formula is C28H36N8O2. The first-order chi connectivity index (χ1) is 18.5. The van der Waals surface area contributed by atoms with Crippen LogP contribution in [0.3, 0.4) is 0 Å². The van der Waals surface area contributed by atoms with Crippen molar-refractivity contribution in [1.29, 1.82) is 0 Å². The van der Waals surface area contributed by atoms with Crippen molar-refractivity contribution in [2.45, 2.75) is 19.0 Å². The fourth-order valence-corrected chi connectivity index (χ4v) is 5.04. The van der Waals surface area contributed by atoms with Gasteiger partial charge in [-0.3, -0.25) is 14.6 Å². The average molecular weight is 517 g/mol. The summed E-state index contributed by atoms with van der Waals surface area (Å²) in [6.07, 6.45) is 4.42. The molecule has 1 aromatic carbocycles. The fourth-order valence-electron chi connectivity index (χ4n) is 5.04. The Morgan fingerprint density at radius 1 is 1.00 bits per heavy atom. The van der Waals surface area contributed by atoms with Crippen molar-refractivity contribution in [2.24, 2.45) is 0 Å². The Hall–Kier alpha value is -3.60. The number of aliphatic hydroxyl groups excluding tert-OH is 1. The van der Waals surface area contributed by atoms with E-state index in [0.717, 1.165) is 60.9 Å². The number of carbonyl (C=O) groups excluding carboxylic acids is 1. The summed E-state index contributed by atoms with van der Waals surface area (Å²) in [4.78, 5) is 35.1. The highest BCUT2D eigenvalue weighted by molar-refractivity contribution is 5.78. The molecule has 8 bridgehead atoms. The first kappa shape index (κ1) is 26.0. The number of carbonyl (C=O) groups is 1. The summed E-state index contributed by atoms with van der Waals surface area (Å²) in [6.45, 7) is 4.86. The maximum atomic E-state index is 13.0. The van der Waals surface area contributed by atoms with Crippen molar-refractivity contribution in [3.8, 4) is 11.3 Å². The first-order valence-electron chi connectivity index (χ1n) is 13.2. The normalized spacial score (nSPS) is 22.8. The number of anilines is 3. The van der Waals surface area contributed by atoms with Gasteiger partial charge in [0.25, 0.3) is 0 Å². The highest BCUT2D eigenvalue weighted by atomic mass is 16.3. The summed E-state index contributed by atoms with van der Waals surface area (Å²) in [5, 5.41) is 13.4. The summed E-state index contributed by atoms with van der Waals surface area (Å²) in [5.41, 5.74) is 3.79. The van der Waals surface area contributed by atoms with Crippen LogP contribution in [0.5, 0.6) is 0 Å². The zero-order valence-electron chi connectivity index (χ0n) is 22.1. The highest BCUT2D eigenvalue weighted by Crippen LogP contribution is 2.22. The minimum absolute atomic E-state index is 0.0270. The second-order valence-corrected chi connectivity index (χ2v) is 10.1. The van der Waals surface area contributed by atoms with Gasteiger partial charge in [0.05, 0.1) is 18.8 Å². The number of likely N-dealkylation sites (N-methyl/N-ethyl adjacent to an activating group) is 1. The smallest absolute Gasteiger partial charge is 0.236 e. The van der Waals surface area contributed by atoms with Crippen LogP contribution in [0, 0.1) is 0 Å². The van der Waals surface area contributed by atoms with Crippen molar-refractivity contribution in [3.05, 3.63) is 60.4 Å². The van der Waals surface area contributed by atoms with Gasteiger partial charge >= 0.3 is 0 Å². The molecule has 0 saturated carbocycles. The topological polar surface area (TPSA) is 101 Å². The maximum absolute atomic E-state index is 13.0. The van der Waals surface area contributed by atoms with E-state index in [1.165, 1.54) is 0 Å². The number of aliphatic hydroxyl groups is 1. The van der Waals surface area contributed by atoms with Crippen molar-refractivity contribution in [1.82, 2.24) is 29.7 Å². The Morgan fingerprint density at radius 2 is 1.87 bits per heavy atom. The van der Waals surface area contributed by atoms with Crippen molar-refractivity contribution in [3.63, 3.8) is 0 Å². The van der Waals surface area contributed by atoms with Crippen LogP contribution in [0.2, 0.25) is 0 Å². The monoisotopic (exact) mass is 516 g/mol. The van der Waals surface area contributed by atoms with E-state index < -0.39 is 0 Å². The Labute approximate surface area is 223 Å². The molecule has 5 aliphatic heterocycles. The molecule has 0 radical (unpaired) electrons. The molecule has 2 aromatic heterocycles. The Morgan fingerprint density at radius 3 is 2.68 bits per heavy atom. The van der Waals surface area contributed by atoms with E-state index in [2.05, 4.69) is 42.1 Å². The molecule has 3 unspecified atom stereocenters. The lowest BCUT2D eigenvalue weighted by atomic mass is 10.1. The molecule has 3 aromatic rings. The number of hydrogen-bond acceptors (Lipinski definition) is 9. The highest BCUT2D eigenvalue weighted by Gasteiger charge is 2.28. The van der Waals surface area contributed by atoms with Gasteiger partial charge in [-0.25, -0.2) is 15.0 Å². The number of hydrogen-bond donors (Lipinski definition) is 2. The number of amides is 1. The third-order valence-electron chi connectivity index (χ3n) is 7.33. The molecule has 1 saturated heterocycles. The van der Waals surface area contributed by atoms with Crippen LogP contribution in [-0.4, -0.2) is 107 Å². The zero-order valence-corrected chi connectivity index (χ0v) is 22.1. The lowest BCUT2D eigenvalue weighted by Crippen LogP contribution is -2.56. The molecule has 8 rings (SSSR count). The zero-order chi connectivity index (χ0) is 26.5. The summed E-state index contributed by atoms with van der Waals surface area (Å²) >= 11 is 0. The third kappa shape index (κ3) is 6.27. The van der Waals surface area contributed by atoms with E-state index in [9.17, 15) is 9.90 Å². The minimum Gasteiger partial charge on any atom is -0.395 e. The summed E-state index contributed by atoms with van der Waals surface area (Å²) in [5.74, 6) is 1.48. The summed E-state index contributed by atoms with van der Waals surface area (Å²) in [6, 6.07) is 14.1. The van der Waals surface area contributed by atoms with E-state index in [4.69, 9.17) is 4.98 Å². The van der Waals surface area contributed by atoms with Crippen LogP contribution in [0.4, 0.5) is 17.5 Å². The number of aromatic nitrogens is 3. The predicted molar refractivity (Wildman–Crippen MR) is 148 cm³/mol. The third-order valence-corrected chi connectivity index (χ3v) is 7.33. The Bertz CT molecular complexity index is 1240. The number of nitrogens with zero attached hydrogens (tertiary/aromatic N) is 7. The van der Waals surface area contributed by atoms with Crippen LogP contribution in [-0.2, 0) is 11.3 Å². The van der Waals surface area contributed by atoms with Gasteiger partial charge in [-0.2, -0.15) is 0 Å². The number of pyridine rings is 1. The molecule has 10 heteroatoms. The van der Waals surface area contributed by atoms with Crippen LogP contribution in [0.1, 0.15) is 12.0 Å². The standard InChI is InChI=1S/C28H36N8O2/c1-33-11-4-12-34(2)27(38)19-36-14-13-35(18-24(36)20-37)17-21-5-3-6-23(15-21)31-28-29-10-9-25(32-28)22-7-8-26(33)30-16-22/h3,5-10,15-16,24,37H,4,11-14,17-20H2,1-2H3,(H,29,31,32). The van der Waals surface area contributed by atoms with Gasteiger partial charge in [0.1, 0.15) is 5.82 Å². The maximum Gasteiger partial charge on any atom is 0.236 e. The van der Waals surface area contributed by atoms with Gasteiger partial charge in [-0.15, -0.1) is 0 Å². The van der Waals surface area contributed by atoms with Gasteiger partial charge in [0, 0.05) is 83.1 Å². The second kappa shape index (κ2) is 11.8. The molecule has 3 atom stereocenters. The largest absolute Gasteiger partial charge is 0.395 e. The number of benzene rings is 1. The van der Waals surface area contributed by atoms with Crippen LogP contribution in [0.15, 0.2) is 54.9 Å². The van der Waals surface area contributed by atoms with E-state index in [0.29, 0.717) is 25.6 Å². The van der Waals surface area contributed by atoms with E-state index in [-0.39, 0.29) is 18.6 Å².